The maximum Gasteiger partial charge on any atom is 0.243 e. The van der Waals surface area contributed by atoms with E-state index < -0.39 is 0 Å². The Morgan fingerprint density at radius 3 is 2.52 bits per heavy atom. The van der Waals surface area contributed by atoms with E-state index in [1.165, 1.54) is 25.7 Å². The quantitative estimate of drug-likeness (QED) is 0.181. The minimum atomic E-state index is -0.0122. The Labute approximate surface area is 193 Å². The molecular formula is C20H40IN7O. The number of likely N-dealkylation sites (N-methyl/N-ethyl adjacent to an activating group) is 1. The molecule has 8 nitrogen and oxygen atoms in total. The van der Waals surface area contributed by atoms with Gasteiger partial charge in [-0.1, -0.05) is 46.5 Å². The molecule has 0 aliphatic rings. The van der Waals surface area contributed by atoms with Crippen molar-refractivity contribution in [2.75, 3.05) is 33.7 Å². The van der Waals surface area contributed by atoms with Crippen LogP contribution in [0.1, 0.15) is 58.7 Å². The van der Waals surface area contributed by atoms with Gasteiger partial charge in [0.2, 0.25) is 5.91 Å². The molecule has 0 aromatic carbocycles. The maximum absolute atomic E-state index is 11.8. The number of hydrogen-bond acceptors (Lipinski definition) is 4. The second-order valence-corrected chi connectivity index (χ2v) is 7.70. The molecule has 0 saturated carbocycles. The van der Waals surface area contributed by atoms with Crippen LogP contribution in [-0.4, -0.2) is 65.3 Å². The molecule has 1 aromatic heterocycles. The first-order valence-corrected chi connectivity index (χ1v) is 10.5. The first kappa shape index (κ1) is 27.6. The van der Waals surface area contributed by atoms with E-state index in [0.29, 0.717) is 12.5 Å². The van der Waals surface area contributed by atoms with Gasteiger partial charge < -0.3 is 20.1 Å². The van der Waals surface area contributed by atoms with Crippen LogP contribution in [0, 0.1) is 5.92 Å². The molecular weight excluding hydrogens is 481 g/mol. The number of halogens is 1. The summed E-state index contributed by atoms with van der Waals surface area (Å²) in [6, 6.07) is 0. The van der Waals surface area contributed by atoms with Crippen LogP contribution in [0.3, 0.4) is 0 Å². The Morgan fingerprint density at radius 2 is 1.86 bits per heavy atom. The zero-order valence-electron chi connectivity index (χ0n) is 18.8. The van der Waals surface area contributed by atoms with Crippen molar-refractivity contribution in [3.05, 3.63) is 12.2 Å². The average Bonchev–Trinajstić information content (AvgIpc) is 3.11. The van der Waals surface area contributed by atoms with Crippen molar-refractivity contribution in [1.29, 1.82) is 0 Å². The molecule has 168 valence electrons. The second-order valence-electron chi connectivity index (χ2n) is 7.70. The lowest BCUT2D eigenvalue weighted by molar-refractivity contribution is -0.127. The van der Waals surface area contributed by atoms with Crippen molar-refractivity contribution in [3.8, 4) is 0 Å². The molecule has 9 heteroatoms. The van der Waals surface area contributed by atoms with Crippen LogP contribution >= 0.6 is 24.0 Å². The summed E-state index contributed by atoms with van der Waals surface area (Å²) in [7, 11) is 3.49. The van der Waals surface area contributed by atoms with E-state index in [-0.39, 0.29) is 36.4 Å². The Hall–Kier alpha value is -1.39. The molecule has 0 aliphatic heterocycles. The maximum atomic E-state index is 11.8. The monoisotopic (exact) mass is 521 g/mol. The number of hydrogen-bond donors (Lipinski definition) is 2. The molecule has 1 rings (SSSR count). The predicted octanol–water partition coefficient (Wildman–Crippen LogP) is 2.69. The summed E-state index contributed by atoms with van der Waals surface area (Å²) in [6.07, 6.45) is 8.79. The van der Waals surface area contributed by atoms with Crippen molar-refractivity contribution >= 4 is 35.8 Å². The molecule has 0 spiro atoms. The van der Waals surface area contributed by atoms with E-state index in [4.69, 9.17) is 0 Å². The average molecular weight is 521 g/mol. The van der Waals surface area contributed by atoms with Gasteiger partial charge in [0.1, 0.15) is 18.7 Å². The molecule has 0 bridgehead atoms. The Kier molecular flexibility index (Phi) is 15.6. The van der Waals surface area contributed by atoms with Crippen LogP contribution in [0.5, 0.6) is 0 Å². The van der Waals surface area contributed by atoms with Crippen LogP contribution < -0.4 is 10.6 Å². The summed E-state index contributed by atoms with van der Waals surface area (Å²) in [5, 5.41) is 14.7. The van der Waals surface area contributed by atoms with Gasteiger partial charge in [-0.2, -0.15) is 0 Å². The number of aliphatic imine (C=N–C) groups is 1. The number of unbranched alkanes of at least 4 members (excludes halogenated alkanes) is 3. The minimum Gasteiger partial charge on any atom is -0.356 e. The topological polar surface area (TPSA) is 87.4 Å². The lowest BCUT2D eigenvalue weighted by Gasteiger charge is -2.14. The van der Waals surface area contributed by atoms with Crippen molar-refractivity contribution < 1.29 is 4.79 Å². The zero-order valence-corrected chi connectivity index (χ0v) is 21.1. The van der Waals surface area contributed by atoms with Gasteiger partial charge in [0.15, 0.2) is 5.96 Å². The van der Waals surface area contributed by atoms with E-state index in [1.807, 2.05) is 4.57 Å². The summed E-state index contributed by atoms with van der Waals surface area (Å²) in [6.45, 7) is 9.06. The molecule has 0 aliphatic carbocycles. The number of nitrogens with zero attached hydrogens (tertiary/aromatic N) is 5. The largest absolute Gasteiger partial charge is 0.356 e. The molecule has 0 saturated heterocycles. The fourth-order valence-corrected chi connectivity index (χ4v) is 2.73. The Balaban J connectivity index is 0.00000784. The van der Waals surface area contributed by atoms with E-state index >= 15 is 0 Å². The smallest absolute Gasteiger partial charge is 0.243 e. The third-order valence-corrected chi connectivity index (χ3v) is 4.53. The van der Waals surface area contributed by atoms with Gasteiger partial charge in [0, 0.05) is 40.2 Å². The Bertz CT molecular complexity index is 587. The van der Waals surface area contributed by atoms with Gasteiger partial charge in [0.25, 0.3) is 0 Å². The number of nitrogens with one attached hydrogen (secondary N) is 2. The normalized spacial score (nSPS) is 11.3. The minimum absolute atomic E-state index is 0. The number of carbonyl (C=O) groups is 1. The van der Waals surface area contributed by atoms with E-state index in [2.05, 4.69) is 46.6 Å². The lowest BCUT2D eigenvalue weighted by Crippen LogP contribution is -2.40. The predicted molar refractivity (Wildman–Crippen MR) is 130 cm³/mol. The second kappa shape index (κ2) is 16.4. The van der Waals surface area contributed by atoms with Crippen LogP contribution in [0.15, 0.2) is 11.3 Å². The molecule has 0 fully saturated rings. The Morgan fingerprint density at radius 1 is 1.17 bits per heavy atom. The highest BCUT2D eigenvalue weighted by atomic mass is 127. The fraction of sp³-hybridized carbons (Fsp3) is 0.800. The molecule has 1 amide bonds. The van der Waals surface area contributed by atoms with Gasteiger partial charge >= 0.3 is 0 Å². The van der Waals surface area contributed by atoms with Crippen LogP contribution in [-0.2, 0) is 17.8 Å². The number of aromatic nitrogens is 3. The van der Waals surface area contributed by atoms with Gasteiger partial charge in [-0.3, -0.25) is 4.79 Å². The summed E-state index contributed by atoms with van der Waals surface area (Å²) < 4.78 is 2.03. The number of carbonyl (C=O) groups excluding carboxylic acids is 1. The summed E-state index contributed by atoms with van der Waals surface area (Å²) in [4.78, 5) is 17.8. The molecule has 1 heterocycles. The van der Waals surface area contributed by atoms with Gasteiger partial charge in [0.05, 0.1) is 0 Å². The van der Waals surface area contributed by atoms with Crippen molar-refractivity contribution in [2.45, 2.75) is 65.8 Å². The van der Waals surface area contributed by atoms with Gasteiger partial charge in [-0.05, 0) is 12.3 Å². The number of rotatable bonds is 13. The molecule has 0 unspecified atom stereocenters. The standard InChI is InChI=1S/C20H39N7O.HI/c1-6-18-25-24-16-27(18)14-13-22-20(23-15-19(28)26(4)5)21-12-10-8-7-9-11-17(2)3;/h16-17H,6-15H2,1-5H3,(H2,21,22,23);1H. The molecule has 0 atom stereocenters. The van der Waals surface area contributed by atoms with Crippen molar-refractivity contribution in [3.63, 3.8) is 0 Å². The molecule has 2 N–H and O–H groups in total. The van der Waals surface area contributed by atoms with E-state index in [9.17, 15) is 4.79 Å². The van der Waals surface area contributed by atoms with Crippen LogP contribution in [0.4, 0.5) is 0 Å². The van der Waals surface area contributed by atoms with Crippen molar-refractivity contribution in [1.82, 2.24) is 30.3 Å². The number of amides is 1. The first-order chi connectivity index (χ1) is 13.4. The third-order valence-electron chi connectivity index (χ3n) is 4.53. The van der Waals surface area contributed by atoms with Gasteiger partial charge in [-0.25, -0.2) is 4.99 Å². The fourth-order valence-electron chi connectivity index (χ4n) is 2.73. The van der Waals surface area contributed by atoms with E-state index in [0.717, 1.165) is 37.7 Å². The number of guanidine groups is 1. The highest BCUT2D eigenvalue weighted by Crippen LogP contribution is 2.08. The van der Waals surface area contributed by atoms with Gasteiger partial charge in [-0.15, -0.1) is 34.2 Å². The molecule has 0 radical (unpaired) electrons. The molecule has 1 aromatic rings. The van der Waals surface area contributed by atoms with Crippen LogP contribution in [0.25, 0.3) is 0 Å². The highest BCUT2D eigenvalue weighted by molar-refractivity contribution is 14.0. The summed E-state index contributed by atoms with van der Waals surface area (Å²) in [5.41, 5.74) is 0. The van der Waals surface area contributed by atoms with E-state index in [1.54, 1.807) is 25.3 Å². The SMILES string of the molecule is CCc1nncn1CCNC(=NCC(=O)N(C)C)NCCCCCCC(C)C.I. The highest BCUT2D eigenvalue weighted by Gasteiger charge is 2.06. The first-order valence-electron chi connectivity index (χ1n) is 10.5. The van der Waals surface area contributed by atoms with Crippen LogP contribution in [0.2, 0.25) is 0 Å². The number of aryl methyl sites for hydroxylation is 1. The summed E-state index contributed by atoms with van der Waals surface area (Å²) in [5.74, 6) is 2.43. The zero-order chi connectivity index (χ0) is 20.8. The van der Waals surface area contributed by atoms with Crippen molar-refractivity contribution in [2.24, 2.45) is 10.9 Å². The third kappa shape index (κ3) is 12.7. The lowest BCUT2D eigenvalue weighted by atomic mass is 10.0. The molecule has 29 heavy (non-hydrogen) atoms. The summed E-state index contributed by atoms with van der Waals surface area (Å²) >= 11 is 0.